The maximum Gasteiger partial charge on any atom is 0.416 e. The van der Waals surface area contributed by atoms with E-state index in [0.29, 0.717) is 0 Å². The molecule has 0 aliphatic rings. The van der Waals surface area contributed by atoms with Gasteiger partial charge < -0.3 is 15.2 Å². The molecule has 0 radical (unpaired) electrons. The lowest BCUT2D eigenvalue weighted by atomic mass is 10.0. The number of alkyl halides is 3. The zero-order valence-corrected chi connectivity index (χ0v) is 13.5. The fraction of sp³-hybridized carbons (Fsp3) is 0.438. The fourth-order valence-electron chi connectivity index (χ4n) is 2.02. The Morgan fingerprint density at radius 3 is 2.32 bits per heavy atom. The predicted molar refractivity (Wildman–Crippen MR) is 79.7 cm³/mol. The summed E-state index contributed by atoms with van der Waals surface area (Å²) in [6.45, 7) is 1.54. The number of rotatable bonds is 6. The molecule has 9 heteroatoms. The van der Waals surface area contributed by atoms with E-state index in [4.69, 9.17) is 5.26 Å². The zero-order valence-electron chi connectivity index (χ0n) is 13.5. The van der Waals surface area contributed by atoms with Gasteiger partial charge in [0.15, 0.2) is 6.10 Å². The van der Waals surface area contributed by atoms with Gasteiger partial charge in [0.05, 0.1) is 18.7 Å². The molecule has 3 atom stereocenters. The average molecular weight is 358 g/mol. The van der Waals surface area contributed by atoms with E-state index in [1.807, 2.05) is 6.07 Å². The number of nitrogens with one attached hydrogen (secondary N) is 1. The first-order valence-corrected chi connectivity index (χ1v) is 7.23. The molecule has 0 unspecified atom stereocenters. The minimum atomic E-state index is -4.53. The van der Waals surface area contributed by atoms with E-state index in [1.54, 1.807) is 0 Å². The molecule has 0 aromatic heterocycles. The molecule has 0 bridgehead atoms. The first-order valence-electron chi connectivity index (χ1n) is 7.23. The number of amides is 1. The van der Waals surface area contributed by atoms with Gasteiger partial charge in [0.1, 0.15) is 6.04 Å². The Morgan fingerprint density at radius 1 is 1.32 bits per heavy atom. The summed E-state index contributed by atoms with van der Waals surface area (Å²) in [6.07, 6.45) is -6.34. The molecule has 25 heavy (non-hydrogen) atoms. The van der Waals surface area contributed by atoms with Gasteiger partial charge in [0, 0.05) is 5.92 Å². The number of ether oxygens (including phenoxy) is 1. The van der Waals surface area contributed by atoms with Crippen LogP contribution in [-0.2, 0) is 20.5 Å². The lowest BCUT2D eigenvalue weighted by Gasteiger charge is -2.20. The van der Waals surface area contributed by atoms with Crippen LogP contribution in [0, 0.1) is 17.2 Å². The molecule has 1 aromatic rings. The fourth-order valence-corrected chi connectivity index (χ4v) is 2.02. The Balaban J connectivity index is 2.86. The molecule has 0 aliphatic heterocycles. The first-order chi connectivity index (χ1) is 11.6. The van der Waals surface area contributed by atoms with Gasteiger partial charge >= 0.3 is 12.1 Å². The number of methoxy groups -OCH3 is 1. The summed E-state index contributed by atoms with van der Waals surface area (Å²) in [4.78, 5) is 23.7. The lowest BCUT2D eigenvalue weighted by Crippen LogP contribution is -2.44. The molecule has 1 amide bonds. The highest BCUT2D eigenvalue weighted by Crippen LogP contribution is 2.30. The number of aliphatic hydroxyl groups is 1. The van der Waals surface area contributed by atoms with Gasteiger partial charge in [-0.2, -0.15) is 18.4 Å². The van der Waals surface area contributed by atoms with Crippen LogP contribution in [0.4, 0.5) is 13.2 Å². The molecule has 0 spiro atoms. The number of hydrogen-bond donors (Lipinski definition) is 2. The Hall–Kier alpha value is -2.60. The molecule has 0 saturated heterocycles. The van der Waals surface area contributed by atoms with Crippen molar-refractivity contribution >= 4 is 11.9 Å². The number of carbonyl (C=O) groups is 2. The quantitative estimate of drug-likeness (QED) is 0.757. The normalized spacial score (nSPS) is 14.8. The Kier molecular flexibility index (Phi) is 6.94. The molecule has 1 rings (SSSR count). The van der Waals surface area contributed by atoms with Crippen LogP contribution in [0.15, 0.2) is 24.3 Å². The molecular weight excluding hydrogens is 341 g/mol. The number of aliphatic hydroxyl groups excluding tert-OH is 1. The second-order valence-electron chi connectivity index (χ2n) is 5.37. The van der Waals surface area contributed by atoms with E-state index < -0.39 is 41.7 Å². The Morgan fingerprint density at radius 2 is 1.88 bits per heavy atom. The van der Waals surface area contributed by atoms with Crippen LogP contribution in [0.3, 0.4) is 0 Å². The number of nitrogens with zero attached hydrogens (tertiary/aromatic N) is 1. The molecule has 6 nitrogen and oxygen atoms in total. The Labute approximate surface area is 142 Å². The topological polar surface area (TPSA) is 99.4 Å². The minimum absolute atomic E-state index is 0.0331. The van der Waals surface area contributed by atoms with Crippen LogP contribution < -0.4 is 5.32 Å². The predicted octanol–water partition coefficient (Wildman–Crippen LogP) is 1.95. The molecule has 136 valence electrons. The SMILES string of the molecule is COC(=O)[C@@H](C[C@@H](C)C#N)NC(=O)[C@@H](O)c1ccc(C(F)(F)F)cc1. The first kappa shape index (κ1) is 20.4. The van der Waals surface area contributed by atoms with Crippen LogP contribution in [0.2, 0.25) is 0 Å². The number of esters is 1. The van der Waals surface area contributed by atoms with Crippen molar-refractivity contribution in [3.05, 3.63) is 35.4 Å². The number of hydrogen-bond acceptors (Lipinski definition) is 5. The van der Waals surface area contributed by atoms with Crippen molar-refractivity contribution in [1.29, 1.82) is 5.26 Å². The summed E-state index contributed by atoms with van der Waals surface area (Å²) in [5, 5.41) is 21.0. The second kappa shape index (κ2) is 8.48. The van der Waals surface area contributed by atoms with Crippen molar-refractivity contribution in [2.45, 2.75) is 31.7 Å². The molecule has 1 aromatic carbocycles. The minimum Gasteiger partial charge on any atom is -0.467 e. The summed E-state index contributed by atoms with van der Waals surface area (Å²) in [7, 11) is 1.10. The van der Waals surface area contributed by atoms with Crippen LogP contribution >= 0.6 is 0 Å². The van der Waals surface area contributed by atoms with Crippen LogP contribution in [-0.4, -0.2) is 30.1 Å². The number of carbonyl (C=O) groups excluding carboxylic acids is 2. The van der Waals surface area contributed by atoms with Crippen molar-refractivity contribution in [3.8, 4) is 6.07 Å². The zero-order chi connectivity index (χ0) is 19.2. The highest BCUT2D eigenvalue weighted by molar-refractivity contribution is 5.87. The third kappa shape index (κ3) is 5.76. The van der Waals surface area contributed by atoms with Gasteiger partial charge in [-0.15, -0.1) is 0 Å². The molecule has 0 saturated carbocycles. The van der Waals surface area contributed by atoms with Gasteiger partial charge in [0.2, 0.25) is 0 Å². The number of nitriles is 1. The van der Waals surface area contributed by atoms with E-state index in [2.05, 4.69) is 10.1 Å². The van der Waals surface area contributed by atoms with Crippen LogP contribution in [0.25, 0.3) is 0 Å². The van der Waals surface area contributed by atoms with E-state index in [-0.39, 0.29) is 12.0 Å². The monoisotopic (exact) mass is 358 g/mol. The Bertz CT molecular complexity index is 653. The highest BCUT2D eigenvalue weighted by atomic mass is 19.4. The van der Waals surface area contributed by atoms with E-state index in [1.165, 1.54) is 6.92 Å². The molecule has 2 N–H and O–H groups in total. The summed E-state index contributed by atoms with van der Waals surface area (Å²) in [6, 6.07) is 4.16. The lowest BCUT2D eigenvalue weighted by molar-refractivity contribution is -0.146. The van der Waals surface area contributed by atoms with Crippen LogP contribution in [0.1, 0.15) is 30.6 Å². The molecule has 0 aliphatic carbocycles. The molecular formula is C16H17F3N2O4. The third-order valence-electron chi connectivity index (χ3n) is 3.41. The summed E-state index contributed by atoms with van der Waals surface area (Å²) in [5.74, 6) is -2.34. The van der Waals surface area contributed by atoms with Gasteiger partial charge in [-0.3, -0.25) is 4.79 Å². The van der Waals surface area contributed by atoms with Crippen LogP contribution in [0.5, 0.6) is 0 Å². The average Bonchev–Trinajstić information content (AvgIpc) is 2.58. The van der Waals surface area contributed by atoms with Gasteiger partial charge in [-0.05, 0) is 31.0 Å². The van der Waals surface area contributed by atoms with Crippen molar-refractivity contribution in [2.75, 3.05) is 7.11 Å². The van der Waals surface area contributed by atoms with Crippen molar-refractivity contribution < 1.29 is 32.6 Å². The second-order valence-corrected chi connectivity index (χ2v) is 5.37. The number of halogens is 3. The van der Waals surface area contributed by atoms with Crippen molar-refractivity contribution in [1.82, 2.24) is 5.32 Å². The van der Waals surface area contributed by atoms with Gasteiger partial charge in [0.25, 0.3) is 5.91 Å². The molecule has 0 heterocycles. The summed E-state index contributed by atoms with van der Waals surface area (Å²) < 4.78 is 42.1. The summed E-state index contributed by atoms with van der Waals surface area (Å²) in [5.41, 5.74) is -0.985. The van der Waals surface area contributed by atoms with Crippen molar-refractivity contribution in [2.24, 2.45) is 5.92 Å². The van der Waals surface area contributed by atoms with Gasteiger partial charge in [-0.25, -0.2) is 4.79 Å². The number of benzene rings is 1. The van der Waals surface area contributed by atoms with E-state index in [0.717, 1.165) is 31.4 Å². The smallest absolute Gasteiger partial charge is 0.416 e. The maximum absolute atomic E-state index is 12.5. The van der Waals surface area contributed by atoms with Crippen molar-refractivity contribution in [3.63, 3.8) is 0 Å². The van der Waals surface area contributed by atoms with E-state index >= 15 is 0 Å². The standard InChI is InChI=1S/C16H17F3N2O4/c1-9(8-20)7-12(15(24)25-2)21-14(23)13(22)10-3-5-11(6-4-10)16(17,18)19/h3-6,9,12-13,22H,7H2,1-2H3,(H,21,23)/t9-,12-,13+/m1/s1. The molecule has 0 fully saturated rings. The highest BCUT2D eigenvalue weighted by Gasteiger charge is 2.31. The van der Waals surface area contributed by atoms with Gasteiger partial charge in [-0.1, -0.05) is 12.1 Å². The third-order valence-corrected chi connectivity index (χ3v) is 3.41. The maximum atomic E-state index is 12.5. The largest absolute Gasteiger partial charge is 0.467 e. The van der Waals surface area contributed by atoms with E-state index in [9.17, 15) is 27.9 Å². The summed E-state index contributed by atoms with van der Waals surface area (Å²) >= 11 is 0.